The first-order valence-corrected chi connectivity index (χ1v) is 6.99. The number of hydrogen-bond donors (Lipinski definition) is 2. The molecule has 1 atom stereocenters. The number of aliphatic hydroxyl groups is 1. The van der Waals surface area contributed by atoms with E-state index < -0.39 is 16.9 Å². The van der Waals surface area contributed by atoms with E-state index >= 15 is 0 Å². The molecule has 7 heteroatoms. The van der Waals surface area contributed by atoms with Gasteiger partial charge in [-0.05, 0) is 29.8 Å². The third-order valence-corrected chi connectivity index (χ3v) is 3.37. The predicted octanol–water partition coefficient (Wildman–Crippen LogP) is 2.83. The largest absolute Gasteiger partial charge is 0.497 e. The average Bonchev–Trinajstić information content (AvgIpc) is 2.61. The Kier molecular flexibility index (Phi) is 5.28. The van der Waals surface area contributed by atoms with Gasteiger partial charge >= 0.3 is 0 Å². The zero-order valence-corrected chi connectivity index (χ0v) is 12.9. The van der Waals surface area contributed by atoms with E-state index in [0.29, 0.717) is 11.4 Å². The van der Waals surface area contributed by atoms with Crippen molar-refractivity contribution in [1.82, 2.24) is 0 Å². The minimum atomic E-state index is -1.34. The first-order valence-electron chi connectivity index (χ1n) is 6.99. The van der Waals surface area contributed by atoms with Gasteiger partial charge in [0.25, 0.3) is 11.6 Å². The number of carbonyl (C=O) groups is 1. The Labute approximate surface area is 138 Å². The second-order valence-corrected chi connectivity index (χ2v) is 4.96. The maximum atomic E-state index is 12.2. The molecule has 0 saturated carbocycles. The van der Waals surface area contributed by atoms with Gasteiger partial charge in [0.1, 0.15) is 11.9 Å². The molecule has 2 aromatic rings. The number of nitro benzene ring substituents is 1. The normalized spacial score (nSPS) is 11.4. The van der Waals surface area contributed by atoms with Crippen LogP contribution in [0.4, 0.5) is 11.4 Å². The van der Waals surface area contributed by atoms with Crippen LogP contribution in [0.1, 0.15) is 11.7 Å². The van der Waals surface area contributed by atoms with Crippen molar-refractivity contribution >= 4 is 17.3 Å². The van der Waals surface area contributed by atoms with Crippen LogP contribution in [0.25, 0.3) is 0 Å². The number of carbonyl (C=O) groups excluding carboxylic acids is 1. The highest BCUT2D eigenvalue weighted by Crippen LogP contribution is 2.25. The fourth-order valence-electron chi connectivity index (χ4n) is 2.02. The number of hydrogen-bond acceptors (Lipinski definition) is 5. The summed E-state index contributed by atoms with van der Waals surface area (Å²) in [6, 6.07) is 12.1. The molecule has 0 aliphatic rings. The molecule has 0 radical (unpaired) electrons. The molecule has 1 unspecified atom stereocenters. The van der Waals surface area contributed by atoms with Crippen molar-refractivity contribution in [2.24, 2.45) is 0 Å². The maximum absolute atomic E-state index is 12.2. The van der Waals surface area contributed by atoms with Crippen molar-refractivity contribution in [3.63, 3.8) is 0 Å². The molecule has 2 N–H and O–H groups in total. The highest BCUT2D eigenvalue weighted by atomic mass is 16.6. The quantitative estimate of drug-likeness (QED) is 0.482. The molecule has 0 aromatic heterocycles. The predicted molar refractivity (Wildman–Crippen MR) is 88.8 cm³/mol. The second kappa shape index (κ2) is 7.38. The van der Waals surface area contributed by atoms with E-state index in [1.165, 1.54) is 31.4 Å². The number of anilines is 1. The third-order valence-electron chi connectivity index (χ3n) is 3.37. The summed E-state index contributed by atoms with van der Waals surface area (Å²) in [7, 11) is 1.53. The van der Waals surface area contributed by atoms with Crippen LogP contribution in [0.15, 0.2) is 60.7 Å². The molecule has 124 valence electrons. The fourth-order valence-corrected chi connectivity index (χ4v) is 2.02. The number of amides is 1. The molecule has 24 heavy (non-hydrogen) atoms. The topological polar surface area (TPSA) is 102 Å². The Hall–Kier alpha value is -3.19. The van der Waals surface area contributed by atoms with Crippen LogP contribution in [-0.4, -0.2) is 23.0 Å². The van der Waals surface area contributed by atoms with E-state index in [0.717, 1.165) is 0 Å². The number of nitro groups is 1. The molecule has 0 saturated heterocycles. The Bertz CT molecular complexity index is 771. The van der Waals surface area contributed by atoms with Crippen molar-refractivity contribution in [3.8, 4) is 5.75 Å². The number of nitrogens with one attached hydrogen (secondary N) is 1. The Morgan fingerprint density at radius 1 is 1.29 bits per heavy atom. The molecule has 0 aliphatic carbocycles. The highest BCUT2D eigenvalue weighted by Gasteiger charge is 2.20. The van der Waals surface area contributed by atoms with Crippen LogP contribution in [0.2, 0.25) is 0 Å². The number of nitrogens with zero attached hydrogens (tertiary/aromatic N) is 1. The van der Waals surface area contributed by atoms with Gasteiger partial charge in [0.15, 0.2) is 0 Å². The molecule has 2 rings (SSSR count). The van der Waals surface area contributed by atoms with Gasteiger partial charge in [0, 0.05) is 23.4 Å². The van der Waals surface area contributed by atoms with Gasteiger partial charge in [-0.3, -0.25) is 14.9 Å². The Morgan fingerprint density at radius 3 is 2.54 bits per heavy atom. The third kappa shape index (κ3) is 3.96. The summed E-state index contributed by atoms with van der Waals surface area (Å²) in [5.41, 5.74) is 0.438. The minimum Gasteiger partial charge on any atom is -0.497 e. The molecule has 7 nitrogen and oxygen atoms in total. The summed E-state index contributed by atoms with van der Waals surface area (Å²) in [5, 5.41) is 23.6. The first kappa shape index (κ1) is 17.2. The molecular weight excluding hydrogens is 312 g/mol. The lowest BCUT2D eigenvalue weighted by molar-refractivity contribution is -0.385. The highest BCUT2D eigenvalue weighted by molar-refractivity contribution is 6.04. The summed E-state index contributed by atoms with van der Waals surface area (Å²) in [6.45, 7) is 3.58. The summed E-state index contributed by atoms with van der Waals surface area (Å²) in [4.78, 5) is 22.4. The van der Waals surface area contributed by atoms with E-state index in [4.69, 9.17) is 4.74 Å². The molecule has 0 spiro atoms. The molecule has 0 aliphatic heterocycles. The zero-order chi connectivity index (χ0) is 17.7. The van der Waals surface area contributed by atoms with E-state index in [1.54, 1.807) is 24.3 Å². The first-order chi connectivity index (χ1) is 11.4. The Balaban J connectivity index is 2.10. The van der Waals surface area contributed by atoms with Gasteiger partial charge in [-0.1, -0.05) is 18.7 Å². The Morgan fingerprint density at radius 2 is 1.96 bits per heavy atom. The smallest absolute Gasteiger partial charge is 0.269 e. The molecule has 0 bridgehead atoms. The summed E-state index contributed by atoms with van der Waals surface area (Å²) < 4.78 is 5.02. The maximum Gasteiger partial charge on any atom is 0.269 e. The second-order valence-electron chi connectivity index (χ2n) is 4.96. The van der Waals surface area contributed by atoms with Crippen LogP contribution < -0.4 is 10.1 Å². The summed E-state index contributed by atoms with van der Waals surface area (Å²) >= 11 is 0. The van der Waals surface area contributed by atoms with Crippen LogP contribution in [0.5, 0.6) is 5.75 Å². The van der Waals surface area contributed by atoms with Crippen molar-refractivity contribution in [1.29, 1.82) is 0 Å². The molecular formula is C17H16N2O5. The number of non-ortho nitro benzene ring substituents is 1. The standard InChI is InChI=1S/C17H16N2O5/c1-11(16(20)12-4-3-5-14(10-12)19(22)23)17(21)18-13-6-8-15(24-2)9-7-13/h3-10,16,20H,1H2,2H3,(H,18,21). The van der Waals surface area contributed by atoms with Gasteiger partial charge < -0.3 is 15.2 Å². The molecule has 1 amide bonds. The summed E-state index contributed by atoms with van der Waals surface area (Å²) in [5.74, 6) is 0.0580. The van der Waals surface area contributed by atoms with E-state index in [9.17, 15) is 20.0 Å². The van der Waals surface area contributed by atoms with Gasteiger partial charge in [-0.2, -0.15) is 0 Å². The van der Waals surface area contributed by atoms with Crippen LogP contribution in [0.3, 0.4) is 0 Å². The van der Waals surface area contributed by atoms with Crippen molar-refractivity contribution in [2.75, 3.05) is 12.4 Å². The lowest BCUT2D eigenvalue weighted by Gasteiger charge is -2.14. The van der Waals surface area contributed by atoms with Gasteiger partial charge in [-0.15, -0.1) is 0 Å². The summed E-state index contributed by atoms with van der Waals surface area (Å²) in [6.07, 6.45) is -1.34. The van der Waals surface area contributed by atoms with Crippen molar-refractivity contribution in [2.45, 2.75) is 6.10 Å². The molecule has 0 fully saturated rings. The van der Waals surface area contributed by atoms with Crippen LogP contribution in [0, 0.1) is 10.1 Å². The number of methoxy groups -OCH3 is 1. The number of ether oxygens (including phenoxy) is 1. The fraction of sp³-hybridized carbons (Fsp3) is 0.118. The molecule has 2 aromatic carbocycles. The van der Waals surface area contributed by atoms with Gasteiger partial charge in [0.2, 0.25) is 0 Å². The number of aliphatic hydroxyl groups excluding tert-OH is 1. The van der Waals surface area contributed by atoms with E-state index in [1.807, 2.05) is 0 Å². The van der Waals surface area contributed by atoms with Gasteiger partial charge in [0.05, 0.1) is 12.0 Å². The average molecular weight is 328 g/mol. The lowest BCUT2D eigenvalue weighted by atomic mass is 10.0. The number of rotatable bonds is 6. The minimum absolute atomic E-state index is 0.119. The van der Waals surface area contributed by atoms with Crippen molar-refractivity contribution in [3.05, 3.63) is 76.4 Å². The molecule has 0 heterocycles. The number of benzene rings is 2. The van der Waals surface area contributed by atoms with Gasteiger partial charge in [-0.25, -0.2) is 0 Å². The monoisotopic (exact) mass is 328 g/mol. The van der Waals surface area contributed by atoms with Crippen LogP contribution >= 0.6 is 0 Å². The SMILES string of the molecule is C=C(C(=O)Nc1ccc(OC)cc1)C(O)c1cccc([N+](=O)[O-])c1. The zero-order valence-electron chi connectivity index (χ0n) is 12.9. The lowest BCUT2D eigenvalue weighted by Crippen LogP contribution is -2.18. The van der Waals surface area contributed by atoms with E-state index in [2.05, 4.69) is 11.9 Å². The van der Waals surface area contributed by atoms with E-state index in [-0.39, 0.29) is 16.8 Å². The van der Waals surface area contributed by atoms with Crippen molar-refractivity contribution < 1.29 is 19.6 Å². The van der Waals surface area contributed by atoms with Crippen LogP contribution in [-0.2, 0) is 4.79 Å².